The van der Waals surface area contributed by atoms with Crippen molar-refractivity contribution in [2.24, 2.45) is 0 Å². The molecule has 1 heterocycles. The molecule has 1 N–H and O–H groups in total. The summed E-state index contributed by atoms with van der Waals surface area (Å²) in [6, 6.07) is 2.04. The van der Waals surface area contributed by atoms with E-state index in [1.807, 2.05) is 6.07 Å². The number of likely N-dealkylation sites (N-methyl/N-ethyl adjacent to an activating group) is 1. The molecule has 1 aromatic rings. The van der Waals surface area contributed by atoms with Crippen molar-refractivity contribution in [3.05, 3.63) is 25.3 Å². The zero-order valence-electron chi connectivity index (χ0n) is 8.23. The average molecular weight is 295 g/mol. The van der Waals surface area contributed by atoms with Gasteiger partial charge in [0.25, 0.3) is 0 Å². The van der Waals surface area contributed by atoms with Gasteiger partial charge in [0.05, 0.1) is 0 Å². The molecule has 0 saturated carbocycles. The Hall–Kier alpha value is 0.170. The molecule has 14 heavy (non-hydrogen) atoms. The summed E-state index contributed by atoms with van der Waals surface area (Å²) in [6.45, 7) is 6.15. The Labute approximate surface area is 102 Å². The first-order chi connectivity index (χ1) is 6.63. The second-order valence-electron chi connectivity index (χ2n) is 3.04. The lowest BCUT2D eigenvalue weighted by Gasteiger charge is -2.00. The largest absolute Gasteiger partial charge is 0.313 e. The monoisotopic (exact) mass is 293 g/mol. The van der Waals surface area contributed by atoms with Crippen LogP contribution >= 0.6 is 38.9 Å². The first-order valence-electron chi connectivity index (χ1n) is 4.46. The highest BCUT2D eigenvalue weighted by molar-refractivity contribution is 9.10. The molecule has 1 aromatic heterocycles. The van der Waals surface area contributed by atoms with Gasteiger partial charge in [-0.05, 0) is 41.5 Å². The van der Waals surface area contributed by atoms with E-state index in [9.17, 15) is 0 Å². The van der Waals surface area contributed by atoms with Crippen molar-refractivity contribution in [3.8, 4) is 0 Å². The lowest BCUT2D eigenvalue weighted by molar-refractivity contribution is 0.779. The van der Waals surface area contributed by atoms with E-state index >= 15 is 0 Å². The fraction of sp³-hybridized carbons (Fsp3) is 0.400. The van der Waals surface area contributed by atoms with Gasteiger partial charge in [-0.25, -0.2) is 0 Å². The van der Waals surface area contributed by atoms with Crippen molar-refractivity contribution in [1.82, 2.24) is 5.32 Å². The van der Waals surface area contributed by atoms with Crippen LogP contribution in [-0.2, 0) is 0 Å². The summed E-state index contributed by atoms with van der Waals surface area (Å²) in [5.74, 6) is 0. The minimum atomic E-state index is 0.813. The van der Waals surface area contributed by atoms with Gasteiger partial charge in [0.1, 0.15) is 4.34 Å². The molecule has 0 spiro atoms. The van der Waals surface area contributed by atoms with Crippen molar-refractivity contribution >= 4 is 44.9 Å². The Bertz CT molecular complexity index is 313. The fourth-order valence-electron chi connectivity index (χ4n) is 1.05. The van der Waals surface area contributed by atoms with Gasteiger partial charge >= 0.3 is 0 Å². The van der Waals surface area contributed by atoms with E-state index in [0.717, 1.165) is 21.9 Å². The van der Waals surface area contributed by atoms with Crippen LogP contribution in [-0.4, -0.2) is 13.1 Å². The van der Waals surface area contributed by atoms with Crippen molar-refractivity contribution in [2.45, 2.75) is 13.8 Å². The third-order valence-electron chi connectivity index (χ3n) is 1.71. The smallest absolute Gasteiger partial charge is 0.108 e. The van der Waals surface area contributed by atoms with Gasteiger partial charge in [-0.15, -0.1) is 11.3 Å². The summed E-state index contributed by atoms with van der Waals surface area (Å²) in [4.78, 5) is 1.19. The molecular formula is C10H13BrClNS. The van der Waals surface area contributed by atoms with Crippen LogP contribution < -0.4 is 5.32 Å². The Morgan fingerprint density at radius 1 is 1.71 bits per heavy atom. The number of nitrogens with one attached hydrogen (secondary N) is 1. The van der Waals surface area contributed by atoms with Crippen LogP contribution in [0.5, 0.6) is 0 Å². The molecule has 0 amide bonds. The van der Waals surface area contributed by atoms with Crippen molar-refractivity contribution < 1.29 is 0 Å². The van der Waals surface area contributed by atoms with Crippen LogP contribution in [0.25, 0.3) is 6.08 Å². The van der Waals surface area contributed by atoms with E-state index in [2.05, 4.69) is 41.2 Å². The first kappa shape index (κ1) is 12.2. The van der Waals surface area contributed by atoms with Crippen LogP contribution in [0.2, 0.25) is 4.34 Å². The van der Waals surface area contributed by atoms with E-state index in [1.165, 1.54) is 10.5 Å². The zero-order chi connectivity index (χ0) is 10.6. The van der Waals surface area contributed by atoms with Crippen LogP contribution in [0.4, 0.5) is 0 Å². The summed E-state index contributed by atoms with van der Waals surface area (Å²) in [7, 11) is 0. The maximum atomic E-state index is 5.94. The SMILES string of the molecule is CCNCC(C)=Cc1cc(Br)c(Cl)s1. The van der Waals surface area contributed by atoms with Gasteiger partial charge in [-0.3, -0.25) is 0 Å². The van der Waals surface area contributed by atoms with E-state index in [4.69, 9.17) is 11.6 Å². The second-order valence-corrected chi connectivity index (χ2v) is 5.58. The molecule has 0 aliphatic rings. The quantitative estimate of drug-likeness (QED) is 0.878. The summed E-state index contributed by atoms with van der Waals surface area (Å²) < 4.78 is 1.79. The Morgan fingerprint density at radius 3 is 2.93 bits per heavy atom. The van der Waals surface area contributed by atoms with Crippen LogP contribution in [0, 0.1) is 0 Å². The molecule has 0 atom stereocenters. The van der Waals surface area contributed by atoms with Crippen LogP contribution in [0.1, 0.15) is 18.7 Å². The highest BCUT2D eigenvalue weighted by Crippen LogP contribution is 2.32. The normalized spacial score (nSPS) is 12.1. The van der Waals surface area contributed by atoms with Crippen LogP contribution in [0.15, 0.2) is 16.1 Å². The minimum absolute atomic E-state index is 0.813. The highest BCUT2D eigenvalue weighted by Gasteiger charge is 2.02. The second kappa shape index (κ2) is 5.91. The molecule has 0 bridgehead atoms. The topological polar surface area (TPSA) is 12.0 Å². The molecule has 0 unspecified atom stereocenters. The van der Waals surface area contributed by atoms with E-state index in [1.54, 1.807) is 11.3 Å². The average Bonchev–Trinajstić information content (AvgIpc) is 2.42. The van der Waals surface area contributed by atoms with E-state index < -0.39 is 0 Å². The van der Waals surface area contributed by atoms with Gasteiger partial charge in [0, 0.05) is 15.9 Å². The Kier molecular flexibility index (Phi) is 5.17. The van der Waals surface area contributed by atoms with Gasteiger partial charge in [-0.2, -0.15) is 0 Å². The first-order valence-corrected chi connectivity index (χ1v) is 6.45. The minimum Gasteiger partial charge on any atom is -0.313 e. The summed E-state index contributed by atoms with van der Waals surface area (Å²) in [6.07, 6.45) is 2.16. The molecule has 1 nitrogen and oxygen atoms in total. The van der Waals surface area contributed by atoms with Gasteiger partial charge < -0.3 is 5.32 Å². The van der Waals surface area contributed by atoms with Crippen LogP contribution in [0.3, 0.4) is 0 Å². The lowest BCUT2D eigenvalue weighted by Crippen LogP contribution is -2.14. The molecule has 0 saturated heterocycles. The molecule has 78 valence electrons. The third-order valence-corrected chi connectivity index (χ3v) is 4.13. The number of hydrogen-bond donors (Lipinski definition) is 1. The summed E-state index contributed by atoms with van der Waals surface area (Å²) in [5, 5.41) is 3.28. The molecule has 1 rings (SSSR count). The predicted octanol–water partition coefficient (Wildman–Crippen LogP) is 4.18. The molecule has 4 heteroatoms. The molecule has 0 radical (unpaired) electrons. The molecular weight excluding hydrogens is 282 g/mol. The Morgan fingerprint density at radius 2 is 2.43 bits per heavy atom. The number of halogens is 2. The number of rotatable bonds is 4. The molecule has 0 aliphatic heterocycles. The van der Waals surface area contributed by atoms with E-state index in [-0.39, 0.29) is 0 Å². The molecule has 0 fully saturated rings. The van der Waals surface area contributed by atoms with Crippen molar-refractivity contribution in [2.75, 3.05) is 13.1 Å². The fourth-order valence-corrected chi connectivity index (χ4v) is 2.81. The van der Waals surface area contributed by atoms with Crippen molar-refractivity contribution in [1.29, 1.82) is 0 Å². The number of thiophene rings is 1. The predicted molar refractivity (Wildman–Crippen MR) is 69.2 cm³/mol. The molecule has 0 aliphatic carbocycles. The zero-order valence-corrected chi connectivity index (χ0v) is 11.4. The number of hydrogen-bond acceptors (Lipinski definition) is 2. The van der Waals surface area contributed by atoms with Gasteiger partial charge in [-0.1, -0.05) is 24.1 Å². The van der Waals surface area contributed by atoms with Gasteiger partial charge in [0.2, 0.25) is 0 Å². The van der Waals surface area contributed by atoms with E-state index in [0.29, 0.717) is 0 Å². The highest BCUT2D eigenvalue weighted by atomic mass is 79.9. The third kappa shape index (κ3) is 3.73. The lowest BCUT2D eigenvalue weighted by atomic mass is 10.2. The van der Waals surface area contributed by atoms with Gasteiger partial charge in [0.15, 0.2) is 0 Å². The maximum Gasteiger partial charge on any atom is 0.108 e. The Balaban J connectivity index is 2.66. The summed E-state index contributed by atoms with van der Waals surface area (Å²) >= 11 is 10.9. The maximum absolute atomic E-state index is 5.94. The standard InChI is InChI=1S/C10H13BrClNS/c1-3-13-6-7(2)4-8-5-9(11)10(12)14-8/h4-5,13H,3,6H2,1-2H3. The summed E-state index contributed by atoms with van der Waals surface area (Å²) in [5.41, 5.74) is 1.32. The molecule has 0 aromatic carbocycles. The van der Waals surface area contributed by atoms with Crippen molar-refractivity contribution in [3.63, 3.8) is 0 Å².